The Morgan fingerprint density at radius 3 is 2.16 bits per heavy atom. The van der Waals surface area contributed by atoms with Gasteiger partial charge in [-0.1, -0.05) is 19.8 Å². The summed E-state index contributed by atoms with van der Waals surface area (Å²) in [6.07, 6.45) is 2.49. The first-order valence-corrected chi connectivity index (χ1v) is 9.30. The Hall–Kier alpha value is -0.723. The van der Waals surface area contributed by atoms with Crippen molar-refractivity contribution < 1.29 is 23.2 Å². The lowest BCUT2D eigenvalue weighted by Gasteiger charge is -2.39. The summed E-state index contributed by atoms with van der Waals surface area (Å²) in [5, 5.41) is -0.883. The Morgan fingerprint density at radius 2 is 1.79 bits per heavy atom. The van der Waals surface area contributed by atoms with Gasteiger partial charge in [-0.15, -0.1) is 0 Å². The number of hydrogen-bond acceptors (Lipinski definition) is 5. The number of carbonyl (C=O) groups is 2. The SMILES string of the molecule is CCCCC1([Si](C)(OCC)OCC)CC(=O)OC1=O. The molecule has 0 aromatic heterocycles. The maximum absolute atomic E-state index is 12.2. The van der Waals surface area contributed by atoms with E-state index in [-0.39, 0.29) is 6.42 Å². The van der Waals surface area contributed by atoms with Gasteiger partial charge < -0.3 is 13.6 Å². The van der Waals surface area contributed by atoms with Crippen LogP contribution in [0.1, 0.15) is 46.5 Å². The molecule has 5 nitrogen and oxygen atoms in total. The standard InChI is InChI=1S/C13H24O5Si/c1-5-8-9-13(10-11(14)18-12(13)15)19(4,16-6-2)17-7-3/h5-10H2,1-4H3. The fraction of sp³-hybridized carbons (Fsp3) is 0.846. The Bertz CT molecular complexity index is 338. The molecule has 1 heterocycles. The van der Waals surface area contributed by atoms with Crippen LogP contribution in [-0.4, -0.2) is 33.7 Å². The zero-order chi connectivity index (χ0) is 14.5. The van der Waals surface area contributed by atoms with Crippen LogP contribution < -0.4 is 0 Å². The maximum Gasteiger partial charge on any atom is 0.353 e. The summed E-state index contributed by atoms with van der Waals surface area (Å²) in [5.41, 5.74) is 0. The second-order valence-electron chi connectivity index (χ2n) is 4.94. The topological polar surface area (TPSA) is 61.8 Å². The molecule has 0 bridgehead atoms. The van der Waals surface area contributed by atoms with E-state index in [1.54, 1.807) is 0 Å². The molecular formula is C13H24O5Si. The lowest BCUT2D eigenvalue weighted by Crippen LogP contribution is -2.53. The lowest BCUT2D eigenvalue weighted by atomic mass is 9.99. The van der Waals surface area contributed by atoms with Crippen molar-refractivity contribution in [1.29, 1.82) is 0 Å². The maximum atomic E-state index is 12.2. The average molecular weight is 288 g/mol. The molecule has 6 heteroatoms. The summed E-state index contributed by atoms with van der Waals surface area (Å²) < 4.78 is 16.5. The van der Waals surface area contributed by atoms with Gasteiger partial charge >= 0.3 is 20.5 Å². The van der Waals surface area contributed by atoms with Crippen LogP contribution in [0.5, 0.6) is 0 Å². The quantitative estimate of drug-likeness (QED) is 0.390. The normalized spacial score (nSPS) is 23.8. The summed E-state index contributed by atoms with van der Waals surface area (Å²) in [5.74, 6) is -0.916. The first-order chi connectivity index (χ1) is 8.95. The van der Waals surface area contributed by atoms with Crippen LogP contribution in [0.2, 0.25) is 11.6 Å². The molecule has 0 aromatic carbocycles. The first kappa shape index (κ1) is 16.3. The fourth-order valence-electron chi connectivity index (χ4n) is 2.67. The fourth-order valence-corrected chi connectivity index (χ4v) is 5.92. The van der Waals surface area contributed by atoms with Crippen molar-refractivity contribution in [2.75, 3.05) is 13.2 Å². The molecule has 0 aromatic rings. The minimum absolute atomic E-state index is 0.0918. The molecule has 0 amide bonds. The van der Waals surface area contributed by atoms with E-state index in [0.29, 0.717) is 19.6 Å². The van der Waals surface area contributed by atoms with Gasteiger partial charge in [0.15, 0.2) is 0 Å². The van der Waals surface area contributed by atoms with Gasteiger partial charge in [0, 0.05) is 13.2 Å². The highest BCUT2D eigenvalue weighted by molar-refractivity contribution is 6.74. The predicted octanol–water partition coefficient (Wildman–Crippen LogP) is 2.54. The minimum atomic E-state index is -2.80. The molecule has 0 saturated carbocycles. The number of rotatable bonds is 8. The van der Waals surface area contributed by atoms with E-state index in [2.05, 4.69) is 6.92 Å². The minimum Gasteiger partial charge on any atom is -0.394 e. The molecule has 1 aliphatic heterocycles. The molecule has 1 aliphatic rings. The van der Waals surface area contributed by atoms with Crippen molar-refractivity contribution in [1.82, 2.24) is 0 Å². The van der Waals surface area contributed by atoms with Gasteiger partial charge in [-0.05, 0) is 26.8 Å². The van der Waals surface area contributed by atoms with Crippen LogP contribution in [0.4, 0.5) is 0 Å². The Morgan fingerprint density at radius 1 is 1.21 bits per heavy atom. The molecular weight excluding hydrogens is 264 g/mol. The molecule has 0 N–H and O–H groups in total. The predicted molar refractivity (Wildman–Crippen MR) is 72.8 cm³/mol. The average Bonchev–Trinajstić information content (AvgIpc) is 2.63. The van der Waals surface area contributed by atoms with Crippen molar-refractivity contribution in [2.45, 2.75) is 58.0 Å². The van der Waals surface area contributed by atoms with E-state index in [0.717, 1.165) is 12.8 Å². The molecule has 19 heavy (non-hydrogen) atoms. The summed E-state index contributed by atoms with van der Waals surface area (Å²) in [6, 6.07) is 0. The highest BCUT2D eigenvalue weighted by Crippen LogP contribution is 2.52. The van der Waals surface area contributed by atoms with Crippen LogP contribution in [-0.2, 0) is 23.2 Å². The highest BCUT2D eigenvalue weighted by Gasteiger charge is 2.64. The summed E-state index contributed by atoms with van der Waals surface area (Å²) in [6.45, 7) is 8.61. The van der Waals surface area contributed by atoms with Gasteiger partial charge in [0.2, 0.25) is 0 Å². The second kappa shape index (κ2) is 6.63. The van der Waals surface area contributed by atoms with E-state index in [9.17, 15) is 9.59 Å². The molecule has 0 aliphatic carbocycles. The third kappa shape index (κ3) is 3.06. The van der Waals surface area contributed by atoms with Crippen LogP contribution in [0.3, 0.4) is 0 Å². The number of hydrogen-bond donors (Lipinski definition) is 0. The molecule has 0 spiro atoms. The zero-order valence-corrected chi connectivity index (χ0v) is 13.3. The van der Waals surface area contributed by atoms with Crippen LogP contribution in [0.25, 0.3) is 0 Å². The van der Waals surface area contributed by atoms with Crippen molar-refractivity contribution in [3.05, 3.63) is 0 Å². The van der Waals surface area contributed by atoms with E-state index in [1.807, 2.05) is 20.4 Å². The summed E-state index contributed by atoms with van der Waals surface area (Å²) >= 11 is 0. The molecule has 1 atom stereocenters. The third-order valence-electron chi connectivity index (χ3n) is 3.71. The lowest BCUT2D eigenvalue weighted by molar-refractivity contribution is -0.153. The highest BCUT2D eigenvalue weighted by atomic mass is 28.4. The van der Waals surface area contributed by atoms with Crippen LogP contribution in [0, 0.1) is 0 Å². The molecule has 110 valence electrons. The molecule has 0 radical (unpaired) electrons. The Labute approximate surface area is 115 Å². The number of unbranched alkanes of at least 4 members (excludes halogenated alkanes) is 1. The smallest absolute Gasteiger partial charge is 0.353 e. The van der Waals surface area contributed by atoms with Crippen molar-refractivity contribution in [3.63, 3.8) is 0 Å². The zero-order valence-electron chi connectivity index (χ0n) is 12.3. The van der Waals surface area contributed by atoms with E-state index < -0.39 is 25.5 Å². The molecule has 1 saturated heterocycles. The van der Waals surface area contributed by atoms with Crippen LogP contribution in [0.15, 0.2) is 0 Å². The molecule has 1 unspecified atom stereocenters. The third-order valence-corrected chi connectivity index (χ3v) is 7.76. The largest absolute Gasteiger partial charge is 0.394 e. The van der Waals surface area contributed by atoms with Gasteiger partial charge in [0.1, 0.15) is 5.04 Å². The van der Waals surface area contributed by atoms with Crippen molar-refractivity contribution in [2.24, 2.45) is 0 Å². The Kier molecular flexibility index (Phi) is 5.70. The Balaban J connectivity index is 3.12. The van der Waals surface area contributed by atoms with Crippen molar-refractivity contribution in [3.8, 4) is 0 Å². The summed E-state index contributed by atoms with van der Waals surface area (Å²) in [7, 11) is -2.80. The van der Waals surface area contributed by atoms with E-state index in [1.165, 1.54) is 0 Å². The number of carbonyl (C=O) groups excluding carboxylic acids is 2. The second-order valence-corrected chi connectivity index (χ2v) is 8.36. The molecule has 1 rings (SSSR count). The monoisotopic (exact) mass is 288 g/mol. The van der Waals surface area contributed by atoms with Gasteiger partial charge in [-0.2, -0.15) is 0 Å². The first-order valence-electron chi connectivity index (χ1n) is 6.98. The van der Waals surface area contributed by atoms with Gasteiger partial charge in [0.05, 0.1) is 6.42 Å². The number of esters is 2. The number of cyclic esters (lactones) is 2. The van der Waals surface area contributed by atoms with Crippen molar-refractivity contribution >= 4 is 20.5 Å². The van der Waals surface area contributed by atoms with Crippen LogP contribution >= 0.6 is 0 Å². The van der Waals surface area contributed by atoms with E-state index >= 15 is 0 Å². The molecule has 1 fully saturated rings. The number of ether oxygens (including phenoxy) is 1. The van der Waals surface area contributed by atoms with E-state index in [4.69, 9.17) is 13.6 Å². The van der Waals surface area contributed by atoms with Gasteiger partial charge in [-0.25, -0.2) is 0 Å². The van der Waals surface area contributed by atoms with Gasteiger partial charge in [0.25, 0.3) is 0 Å². The summed E-state index contributed by atoms with van der Waals surface area (Å²) in [4.78, 5) is 23.8. The van der Waals surface area contributed by atoms with Gasteiger partial charge in [-0.3, -0.25) is 9.59 Å².